The lowest BCUT2D eigenvalue weighted by atomic mass is 10.1. The van der Waals surface area contributed by atoms with Gasteiger partial charge in [-0.1, -0.05) is 12.1 Å². The Hall–Kier alpha value is -1.89. The third-order valence-corrected chi connectivity index (χ3v) is 2.36. The van der Waals surface area contributed by atoms with E-state index in [1.165, 1.54) is 18.2 Å². The number of nitrogens with one attached hydrogen (secondary N) is 1. The number of amides is 1. The van der Waals surface area contributed by atoms with Crippen molar-refractivity contribution in [3.05, 3.63) is 29.8 Å². The predicted octanol–water partition coefficient (Wildman–Crippen LogP) is 2.85. The van der Waals surface area contributed by atoms with Crippen LogP contribution in [0.15, 0.2) is 24.3 Å². The molecule has 0 aromatic heterocycles. The fourth-order valence-corrected chi connectivity index (χ4v) is 1.59. The Balaban J connectivity index is 2.78. The van der Waals surface area contributed by atoms with Crippen LogP contribution >= 0.6 is 0 Å². The summed E-state index contributed by atoms with van der Waals surface area (Å²) in [5, 5.41) is 11.8. The van der Waals surface area contributed by atoms with E-state index < -0.39 is 31.0 Å². The van der Waals surface area contributed by atoms with Crippen LogP contribution in [-0.2, 0) is 4.74 Å². The van der Waals surface area contributed by atoms with Crippen molar-refractivity contribution < 1.29 is 28.2 Å². The van der Waals surface area contributed by atoms with Gasteiger partial charge in [0, 0.05) is 0 Å². The van der Waals surface area contributed by atoms with E-state index in [1.807, 2.05) is 0 Å². The zero-order valence-electron chi connectivity index (χ0n) is 12.1. The standard InChI is InChI=1S/C14H19F2NO4/c1-14(2,3)21-13(19)17-11(8-18)9-5-4-6-10(7-9)20-12(15)16/h4-7,11-12,18H,8H2,1-3H3,(H,17,19). The number of hydrogen-bond acceptors (Lipinski definition) is 4. The molecule has 0 bridgehead atoms. The van der Waals surface area contributed by atoms with Crippen LogP contribution in [-0.4, -0.2) is 30.0 Å². The highest BCUT2D eigenvalue weighted by Gasteiger charge is 2.20. The fraction of sp³-hybridized carbons (Fsp3) is 0.500. The van der Waals surface area contributed by atoms with Crippen LogP contribution in [0, 0.1) is 0 Å². The molecule has 1 rings (SSSR count). The first-order valence-corrected chi connectivity index (χ1v) is 6.36. The van der Waals surface area contributed by atoms with Crippen molar-refractivity contribution >= 4 is 6.09 Å². The van der Waals surface area contributed by atoms with Crippen molar-refractivity contribution in [2.75, 3.05) is 6.61 Å². The molecule has 1 aromatic rings. The van der Waals surface area contributed by atoms with Crippen molar-refractivity contribution in [1.82, 2.24) is 5.32 Å². The molecule has 1 unspecified atom stereocenters. The summed E-state index contributed by atoms with van der Waals surface area (Å²) in [5.41, 5.74) is -0.244. The van der Waals surface area contributed by atoms with E-state index in [9.17, 15) is 18.7 Å². The molecule has 1 amide bonds. The molecule has 0 radical (unpaired) electrons. The minimum absolute atomic E-state index is 0.0491. The van der Waals surface area contributed by atoms with E-state index >= 15 is 0 Å². The molecule has 1 atom stereocenters. The Morgan fingerprint density at radius 2 is 2.05 bits per heavy atom. The van der Waals surface area contributed by atoms with Crippen molar-refractivity contribution in [3.8, 4) is 5.75 Å². The number of halogens is 2. The molecular formula is C14H19F2NO4. The van der Waals surface area contributed by atoms with E-state index in [1.54, 1.807) is 26.8 Å². The Labute approximate surface area is 121 Å². The second-order valence-corrected chi connectivity index (χ2v) is 5.33. The van der Waals surface area contributed by atoms with Crippen molar-refractivity contribution in [3.63, 3.8) is 0 Å². The van der Waals surface area contributed by atoms with Crippen LogP contribution in [0.1, 0.15) is 32.4 Å². The summed E-state index contributed by atoms with van der Waals surface area (Å²) in [4.78, 5) is 11.7. The molecule has 5 nitrogen and oxygen atoms in total. The number of benzene rings is 1. The highest BCUT2D eigenvalue weighted by molar-refractivity contribution is 5.68. The summed E-state index contributed by atoms with van der Waals surface area (Å²) < 4.78 is 33.7. The summed E-state index contributed by atoms with van der Waals surface area (Å²) in [7, 11) is 0. The Bertz CT molecular complexity index is 474. The number of carbonyl (C=O) groups excluding carboxylic acids is 1. The van der Waals surface area contributed by atoms with Gasteiger partial charge in [-0.2, -0.15) is 8.78 Å². The third kappa shape index (κ3) is 6.40. The summed E-state index contributed by atoms with van der Waals surface area (Å²) in [5.74, 6) is -0.0491. The predicted molar refractivity (Wildman–Crippen MR) is 72.3 cm³/mol. The summed E-state index contributed by atoms with van der Waals surface area (Å²) >= 11 is 0. The average Bonchev–Trinajstić information content (AvgIpc) is 2.33. The lowest BCUT2D eigenvalue weighted by Crippen LogP contribution is -2.36. The minimum Gasteiger partial charge on any atom is -0.444 e. The highest BCUT2D eigenvalue weighted by Crippen LogP contribution is 2.21. The Morgan fingerprint density at radius 3 is 2.57 bits per heavy atom. The molecule has 0 spiro atoms. The van der Waals surface area contributed by atoms with E-state index in [0.29, 0.717) is 5.56 Å². The number of hydrogen-bond donors (Lipinski definition) is 2. The van der Waals surface area contributed by atoms with Crippen molar-refractivity contribution in [2.24, 2.45) is 0 Å². The minimum atomic E-state index is -2.94. The van der Waals surface area contributed by atoms with Gasteiger partial charge in [0.25, 0.3) is 0 Å². The molecule has 0 saturated heterocycles. The van der Waals surface area contributed by atoms with Gasteiger partial charge in [0.1, 0.15) is 11.4 Å². The molecule has 0 aliphatic carbocycles. The number of aliphatic hydroxyl groups is 1. The van der Waals surface area contributed by atoms with Gasteiger partial charge >= 0.3 is 12.7 Å². The van der Waals surface area contributed by atoms with Gasteiger partial charge in [0.2, 0.25) is 0 Å². The van der Waals surface area contributed by atoms with E-state index in [-0.39, 0.29) is 5.75 Å². The summed E-state index contributed by atoms with van der Waals surface area (Å²) in [6.07, 6.45) is -0.707. The molecule has 118 valence electrons. The smallest absolute Gasteiger partial charge is 0.408 e. The normalized spacial score (nSPS) is 12.9. The first-order valence-electron chi connectivity index (χ1n) is 6.36. The van der Waals surface area contributed by atoms with Crippen LogP contribution < -0.4 is 10.1 Å². The molecule has 0 heterocycles. The van der Waals surface area contributed by atoms with E-state index in [4.69, 9.17) is 4.74 Å². The molecule has 0 saturated carbocycles. The monoisotopic (exact) mass is 303 g/mol. The average molecular weight is 303 g/mol. The topological polar surface area (TPSA) is 67.8 Å². The molecule has 0 aliphatic heterocycles. The van der Waals surface area contributed by atoms with Crippen molar-refractivity contribution in [2.45, 2.75) is 39.0 Å². The van der Waals surface area contributed by atoms with Crippen LogP contribution in [0.2, 0.25) is 0 Å². The lowest BCUT2D eigenvalue weighted by Gasteiger charge is -2.23. The van der Waals surface area contributed by atoms with Gasteiger partial charge < -0.3 is 19.9 Å². The van der Waals surface area contributed by atoms with E-state index in [0.717, 1.165) is 0 Å². The molecular weight excluding hydrogens is 284 g/mol. The van der Waals surface area contributed by atoms with Crippen molar-refractivity contribution in [1.29, 1.82) is 0 Å². The fourth-order valence-electron chi connectivity index (χ4n) is 1.59. The van der Waals surface area contributed by atoms with Gasteiger partial charge in [-0.3, -0.25) is 0 Å². The maximum Gasteiger partial charge on any atom is 0.408 e. The zero-order valence-corrected chi connectivity index (χ0v) is 12.1. The number of alkyl carbamates (subject to hydrolysis) is 1. The third-order valence-electron chi connectivity index (χ3n) is 2.36. The SMILES string of the molecule is CC(C)(C)OC(=O)NC(CO)c1cccc(OC(F)F)c1. The van der Waals surface area contributed by atoms with Gasteiger partial charge in [-0.25, -0.2) is 4.79 Å². The zero-order chi connectivity index (χ0) is 16.0. The van der Waals surface area contributed by atoms with Gasteiger partial charge in [-0.15, -0.1) is 0 Å². The maximum atomic E-state index is 12.2. The van der Waals surface area contributed by atoms with Crippen LogP contribution in [0.3, 0.4) is 0 Å². The molecule has 0 aliphatic rings. The summed E-state index contributed by atoms with van der Waals surface area (Å²) in [6.45, 7) is 1.77. The largest absolute Gasteiger partial charge is 0.444 e. The molecule has 1 aromatic carbocycles. The first kappa shape index (κ1) is 17.2. The Morgan fingerprint density at radius 1 is 1.38 bits per heavy atom. The number of rotatable bonds is 5. The lowest BCUT2D eigenvalue weighted by molar-refractivity contribution is -0.0499. The number of aliphatic hydroxyl groups excluding tert-OH is 1. The van der Waals surface area contributed by atoms with E-state index in [2.05, 4.69) is 10.1 Å². The van der Waals surface area contributed by atoms with Crippen LogP contribution in [0.5, 0.6) is 5.75 Å². The quantitative estimate of drug-likeness (QED) is 0.877. The Kier molecular flexibility index (Phi) is 5.90. The number of alkyl halides is 2. The number of ether oxygens (including phenoxy) is 2. The molecule has 0 fully saturated rings. The highest BCUT2D eigenvalue weighted by atomic mass is 19.3. The first-order chi connectivity index (χ1) is 9.71. The summed E-state index contributed by atoms with van der Waals surface area (Å²) in [6, 6.07) is 4.98. The number of carbonyl (C=O) groups is 1. The van der Waals surface area contributed by atoms with Gasteiger partial charge in [0.05, 0.1) is 12.6 Å². The van der Waals surface area contributed by atoms with Crippen LogP contribution in [0.4, 0.5) is 13.6 Å². The maximum absolute atomic E-state index is 12.2. The molecule has 2 N–H and O–H groups in total. The molecule has 21 heavy (non-hydrogen) atoms. The van der Waals surface area contributed by atoms with Gasteiger partial charge in [0.15, 0.2) is 0 Å². The van der Waals surface area contributed by atoms with Crippen LogP contribution in [0.25, 0.3) is 0 Å². The second-order valence-electron chi connectivity index (χ2n) is 5.33. The van der Waals surface area contributed by atoms with Gasteiger partial charge in [-0.05, 0) is 38.5 Å². The molecule has 7 heteroatoms. The second kappa shape index (κ2) is 7.21.